The molecule has 10 heteroatoms. The van der Waals surface area contributed by atoms with Crippen LogP contribution in [0.4, 0.5) is 10.7 Å². The van der Waals surface area contributed by atoms with E-state index in [1.54, 1.807) is 25.1 Å². The fraction of sp³-hybridized carbons (Fsp3) is 0.250. The Morgan fingerprint density at radius 3 is 2.56 bits per heavy atom. The Morgan fingerprint density at radius 2 is 1.88 bits per heavy atom. The van der Waals surface area contributed by atoms with E-state index in [4.69, 9.17) is 9.47 Å². The van der Waals surface area contributed by atoms with Gasteiger partial charge in [-0.05, 0) is 63.1 Å². The number of anilines is 1. The fourth-order valence-electron chi connectivity index (χ4n) is 3.74. The highest BCUT2D eigenvalue weighted by molar-refractivity contribution is 7.16. The minimum Gasteiger partial charge on any atom is -0.490 e. The number of esters is 1. The van der Waals surface area contributed by atoms with Crippen molar-refractivity contribution >= 4 is 33.9 Å². The van der Waals surface area contributed by atoms with E-state index in [0.717, 1.165) is 21.0 Å². The predicted molar refractivity (Wildman–Crippen MR) is 128 cm³/mol. The second-order valence-corrected chi connectivity index (χ2v) is 9.05. The van der Waals surface area contributed by atoms with Gasteiger partial charge in [0.2, 0.25) is 0 Å². The lowest BCUT2D eigenvalue weighted by Crippen LogP contribution is -2.38. The fourth-order valence-corrected chi connectivity index (χ4v) is 4.83. The van der Waals surface area contributed by atoms with Crippen LogP contribution in [0.15, 0.2) is 36.4 Å². The first-order valence-electron chi connectivity index (χ1n) is 10.6. The lowest BCUT2D eigenvalue weighted by Gasteiger charge is -2.27. The second kappa shape index (κ2) is 9.14. The van der Waals surface area contributed by atoms with E-state index in [9.17, 15) is 19.7 Å². The SMILES string of the molecule is CCOc1cc([C@H]2NC(=O)c3c(sc(C)c3C)N2)ccc1OC(=O)c1ccc([N+](=O)[O-])c(C)c1. The number of thiophene rings is 1. The maximum absolute atomic E-state index is 12.7. The summed E-state index contributed by atoms with van der Waals surface area (Å²) in [5, 5.41) is 18.1. The van der Waals surface area contributed by atoms with E-state index in [0.29, 0.717) is 23.5 Å². The number of ether oxygens (including phenoxy) is 2. The molecule has 0 aliphatic carbocycles. The van der Waals surface area contributed by atoms with Crippen LogP contribution in [0.2, 0.25) is 0 Å². The quantitative estimate of drug-likeness (QED) is 0.219. The predicted octanol–water partition coefficient (Wildman–Crippen LogP) is 5.05. The van der Waals surface area contributed by atoms with E-state index < -0.39 is 17.1 Å². The summed E-state index contributed by atoms with van der Waals surface area (Å²) in [5.74, 6) is -0.266. The number of hydrogen-bond donors (Lipinski definition) is 2. The van der Waals surface area contributed by atoms with Crippen LogP contribution in [0.3, 0.4) is 0 Å². The standard InChI is InChI=1S/C24H23N3O6S/c1-5-32-19-11-15(21-25-22(28)20-13(3)14(4)34-23(20)26-21)7-9-18(19)33-24(29)16-6-8-17(27(30)31)12(2)10-16/h6-11,21,26H,5H2,1-4H3,(H,25,28)/t21-/m0/s1. The van der Waals surface area contributed by atoms with Gasteiger partial charge < -0.3 is 20.1 Å². The van der Waals surface area contributed by atoms with Crippen molar-refractivity contribution < 1.29 is 24.0 Å². The highest BCUT2D eigenvalue weighted by Crippen LogP contribution is 2.39. The van der Waals surface area contributed by atoms with E-state index in [1.165, 1.54) is 29.5 Å². The van der Waals surface area contributed by atoms with Crippen molar-refractivity contribution in [2.75, 3.05) is 11.9 Å². The summed E-state index contributed by atoms with van der Waals surface area (Å²) in [6.45, 7) is 7.60. The van der Waals surface area contributed by atoms with Gasteiger partial charge in [0.05, 0.1) is 22.7 Å². The maximum Gasteiger partial charge on any atom is 0.343 e. The number of aryl methyl sites for hydroxylation is 2. The van der Waals surface area contributed by atoms with Crippen LogP contribution in [0.5, 0.6) is 11.5 Å². The van der Waals surface area contributed by atoms with Gasteiger partial charge in [0.1, 0.15) is 11.2 Å². The summed E-state index contributed by atoms with van der Waals surface area (Å²) in [4.78, 5) is 37.0. The Hall–Kier alpha value is -3.92. The van der Waals surface area contributed by atoms with E-state index in [2.05, 4.69) is 10.6 Å². The van der Waals surface area contributed by atoms with Crippen molar-refractivity contribution in [1.82, 2.24) is 5.32 Å². The van der Waals surface area contributed by atoms with Gasteiger partial charge in [-0.1, -0.05) is 6.07 Å². The number of nitrogens with zero attached hydrogens (tertiary/aromatic N) is 1. The zero-order valence-electron chi connectivity index (χ0n) is 19.1. The molecule has 0 radical (unpaired) electrons. The van der Waals surface area contributed by atoms with Crippen molar-refractivity contribution in [3.8, 4) is 11.5 Å². The van der Waals surface area contributed by atoms with Crippen LogP contribution in [-0.2, 0) is 0 Å². The molecular formula is C24H23N3O6S. The topological polar surface area (TPSA) is 120 Å². The molecule has 4 rings (SSSR count). The van der Waals surface area contributed by atoms with E-state index in [-0.39, 0.29) is 22.9 Å². The molecule has 0 bridgehead atoms. The lowest BCUT2D eigenvalue weighted by atomic mass is 10.1. The summed E-state index contributed by atoms with van der Waals surface area (Å²) in [5.41, 5.74) is 2.83. The molecule has 1 atom stereocenters. The van der Waals surface area contributed by atoms with Crippen molar-refractivity contribution in [2.45, 2.75) is 33.9 Å². The molecule has 0 unspecified atom stereocenters. The summed E-state index contributed by atoms with van der Waals surface area (Å²) in [6.07, 6.45) is -0.473. The molecule has 0 spiro atoms. The number of benzene rings is 2. The largest absolute Gasteiger partial charge is 0.490 e. The molecule has 0 fully saturated rings. The molecule has 3 aromatic rings. The van der Waals surface area contributed by atoms with Crippen LogP contribution >= 0.6 is 11.3 Å². The average Bonchev–Trinajstić information content (AvgIpc) is 3.08. The number of amides is 1. The number of carbonyl (C=O) groups is 2. The molecule has 176 valence electrons. The third-order valence-corrected chi connectivity index (χ3v) is 6.73. The van der Waals surface area contributed by atoms with Gasteiger partial charge >= 0.3 is 5.97 Å². The maximum atomic E-state index is 12.7. The first-order chi connectivity index (χ1) is 16.2. The van der Waals surface area contributed by atoms with Crippen LogP contribution in [0.1, 0.15) is 55.4 Å². The third-order valence-electron chi connectivity index (χ3n) is 5.60. The number of hydrogen-bond acceptors (Lipinski definition) is 8. The van der Waals surface area contributed by atoms with Gasteiger partial charge in [-0.25, -0.2) is 4.79 Å². The van der Waals surface area contributed by atoms with Crippen molar-refractivity contribution in [3.05, 3.63) is 79.2 Å². The van der Waals surface area contributed by atoms with E-state index >= 15 is 0 Å². The average molecular weight is 482 g/mol. The summed E-state index contributed by atoms with van der Waals surface area (Å²) < 4.78 is 11.2. The summed E-state index contributed by atoms with van der Waals surface area (Å²) in [6, 6.07) is 9.10. The molecule has 9 nitrogen and oxygen atoms in total. The number of nitro groups is 1. The van der Waals surface area contributed by atoms with Crippen LogP contribution in [-0.4, -0.2) is 23.4 Å². The first kappa shape index (κ1) is 23.2. The second-order valence-electron chi connectivity index (χ2n) is 7.83. The molecule has 34 heavy (non-hydrogen) atoms. The Balaban J connectivity index is 1.58. The Morgan fingerprint density at radius 1 is 1.12 bits per heavy atom. The van der Waals surface area contributed by atoms with E-state index in [1.807, 2.05) is 20.8 Å². The highest BCUT2D eigenvalue weighted by atomic mass is 32.1. The minimum absolute atomic E-state index is 0.0720. The van der Waals surface area contributed by atoms with Crippen molar-refractivity contribution in [3.63, 3.8) is 0 Å². The molecule has 1 aliphatic heterocycles. The van der Waals surface area contributed by atoms with Gasteiger partial charge in [-0.3, -0.25) is 14.9 Å². The lowest BCUT2D eigenvalue weighted by molar-refractivity contribution is -0.385. The monoisotopic (exact) mass is 481 g/mol. The normalized spacial score (nSPS) is 14.6. The zero-order valence-corrected chi connectivity index (χ0v) is 19.9. The van der Waals surface area contributed by atoms with Gasteiger partial charge in [-0.15, -0.1) is 11.3 Å². The van der Waals surface area contributed by atoms with Gasteiger partial charge in [0.25, 0.3) is 11.6 Å². The molecule has 1 aliphatic rings. The Labute approximate surface area is 199 Å². The molecule has 2 aromatic carbocycles. The summed E-state index contributed by atoms with van der Waals surface area (Å²) in [7, 11) is 0. The molecule has 0 saturated carbocycles. The number of carbonyl (C=O) groups excluding carboxylic acids is 2. The number of fused-ring (bicyclic) bond motifs is 1. The molecule has 2 heterocycles. The number of nitrogens with one attached hydrogen (secondary N) is 2. The molecule has 1 aromatic heterocycles. The van der Waals surface area contributed by atoms with Gasteiger partial charge in [0.15, 0.2) is 11.5 Å². The Kier molecular flexibility index (Phi) is 6.25. The molecular weight excluding hydrogens is 458 g/mol. The Bertz CT molecular complexity index is 1320. The summed E-state index contributed by atoms with van der Waals surface area (Å²) >= 11 is 1.53. The minimum atomic E-state index is -0.662. The van der Waals surface area contributed by atoms with Crippen LogP contribution < -0.4 is 20.1 Å². The molecule has 2 N–H and O–H groups in total. The first-order valence-corrected chi connectivity index (χ1v) is 11.4. The van der Waals surface area contributed by atoms with Crippen molar-refractivity contribution in [2.24, 2.45) is 0 Å². The highest BCUT2D eigenvalue weighted by Gasteiger charge is 2.29. The third kappa shape index (κ3) is 4.32. The van der Waals surface area contributed by atoms with Gasteiger partial charge in [-0.2, -0.15) is 0 Å². The van der Waals surface area contributed by atoms with Crippen LogP contribution in [0.25, 0.3) is 0 Å². The zero-order chi connectivity index (χ0) is 24.6. The molecule has 0 saturated heterocycles. The van der Waals surface area contributed by atoms with Crippen molar-refractivity contribution in [1.29, 1.82) is 0 Å². The van der Waals surface area contributed by atoms with Crippen LogP contribution in [0, 0.1) is 30.9 Å². The smallest absolute Gasteiger partial charge is 0.343 e. The number of rotatable bonds is 6. The molecule has 1 amide bonds. The number of nitro benzene ring substituents is 1. The van der Waals surface area contributed by atoms with Gasteiger partial charge in [0, 0.05) is 16.5 Å².